The Balaban J connectivity index is 2.76. The van der Waals surface area contributed by atoms with Gasteiger partial charge in [-0.05, 0) is 43.4 Å². The molecule has 16 heavy (non-hydrogen) atoms. The third-order valence-corrected chi connectivity index (χ3v) is 2.85. The van der Waals surface area contributed by atoms with Gasteiger partial charge in [0, 0.05) is 18.8 Å². The predicted octanol–water partition coefficient (Wildman–Crippen LogP) is 4.12. The lowest BCUT2D eigenvalue weighted by atomic mass is 9.88. The van der Waals surface area contributed by atoms with Crippen LogP contribution in [0.1, 0.15) is 40.2 Å². The van der Waals surface area contributed by atoms with Gasteiger partial charge in [-0.25, -0.2) is 0 Å². The summed E-state index contributed by atoms with van der Waals surface area (Å²) in [7, 11) is 2.14. The Kier molecular flexibility index (Phi) is 4.01. The van der Waals surface area contributed by atoms with Crippen molar-refractivity contribution in [3.63, 3.8) is 0 Å². The summed E-state index contributed by atoms with van der Waals surface area (Å²) in [5, 5.41) is 0. The molecule has 0 N–H and O–H groups in total. The summed E-state index contributed by atoms with van der Waals surface area (Å²) in [5.41, 5.74) is 3.09. The van der Waals surface area contributed by atoms with Crippen LogP contribution >= 0.6 is 0 Å². The van der Waals surface area contributed by atoms with Crippen LogP contribution in [0.2, 0.25) is 0 Å². The first-order valence-electron chi connectivity index (χ1n) is 6.11. The highest BCUT2D eigenvalue weighted by atomic mass is 15.1. The van der Waals surface area contributed by atoms with E-state index < -0.39 is 0 Å². The van der Waals surface area contributed by atoms with E-state index in [1.165, 1.54) is 11.3 Å². The molecule has 0 saturated carbocycles. The lowest BCUT2D eigenvalue weighted by molar-refractivity contribution is 0.411. The van der Waals surface area contributed by atoms with Gasteiger partial charge in [-0.1, -0.05) is 32.9 Å². The van der Waals surface area contributed by atoms with Gasteiger partial charge < -0.3 is 4.90 Å². The van der Waals surface area contributed by atoms with Gasteiger partial charge in [-0.3, -0.25) is 0 Å². The summed E-state index contributed by atoms with van der Waals surface area (Å²) in [4.78, 5) is 2.29. The molecule has 0 heterocycles. The number of benzene rings is 1. The molecule has 1 heteroatoms. The molecule has 1 rings (SSSR count). The summed E-state index contributed by atoms with van der Waals surface area (Å²) in [6, 6.07) is 9.50. The van der Waals surface area contributed by atoms with Crippen LogP contribution in [0.25, 0.3) is 0 Å². The fourth-order valence-corrected chi connectivity index (χ4v) is 1.76. The zero-order valence-electron chi connectivity index (χ0n) is 11.5. The molecule has 0 saturated heterocycles. The minimum Gasteiger partial charge on any atom is -0.372 e. The van der Waals surface area contributed by atoms with Crippen LogP contribution < -0.4 is 4.90 Å². The van der Waals surface area contributed by atoms with Gasteiger partial charge in [0.1, 0.15) is 0 Å². The fourth-order valence-electron chi connectivity index (χ4n) is 1.76. The Morgan fingerprint density at radius 1 is 1.06 bits per heavy atom. The van der Waals surface area contributed by atoms with E-state index in [0.29, 0.717) is 11.5 Å². The molecule has 0 unspecified atom stereocenters. The first-order valence-corrected chi connectivity index (χ1v) is 6.11. The quantitative estimate of drug-likeness (QED) is 0.739. The Bertz CT molecular complexity index is 316. The topological polar surface area (TPSA) is 3.24 Å². The molecule has 90 valence electrons. The van der Waals surface area contributed by atoms with Crippen molar-refractivity contribution in [2.75, 3.05) is 11.9 Å². The van der Waals surface area contributed by atoms with Crippen LogP contribution in [0.4, 0.5) is 5.69 Å². The lowest BCUT2D eigenvalue weighted by Gasteiger charge is -2.24. The van der Waals surface area contributed by atoms with E-state index >= 15 is 0 Å². The number of rotatable bonds is 3. The number of hydrogen-bond acceptors (Lipinski definition) is 1. The first kappa shape index (κ1) is 13.1. The molecule has 0 aliphatic rings. The molecule has 0 fully saturated rings. The lowest BCUT2D eigenvalue weighted by Crippen LogP contribution is -2.25. The maximum atomic E-state index is 2.29. The van der Waals surface area contributed by atoms with Gasteiger partial charge in [-0.15, -0.1) is 0 Å². The van der Waals surface area contributed by atoms with E-state index in [-0.39, 0.29) is 0 Å². The average Bonchev–Trinajstić information content (AvgIpc) is 2.15. The standard InChI is InChI=1S/C15H25N/c1-12(2)16(6)14-9-7-13(8-10-14)11-15(3,4)5/h7-10,12H,11H2,1-6H3. The molecule has 0 bridgehead atoms. The Morgan fingerprint density at radius 3 is 1.94 bits per heavy atom. The molecule has 1 aromatic rings. The largest absolute Gasteiger partial charge is 0.372 e. The molecule has 1 nitrogen and oxygen atoms in total. The Morgan fingerprint density at radius 2 is 1.56 bits per heavy atom. The molecule has 0 radical (unpaired) electrons. The predicted molar refractivity (Wildman–Crippen MR) is 73.1 cm³/mol. The molecule has 0 atom stereocenters. The van der Waals surface area contributed by atoms with E-state index in [9.17, 15) is 0 Å². The summed E-state index contributed by atoms with van der Waals surface area (Å²) in [6.45, 7) is 11.3. The van der Waals surface area contributed by atoms with Crippen LogP contribution in [-0.4, -0.2) is 13.1 Å². The van der Waals surface area contributed by atoms with Crippen molar-refractivity contribution in [3.8, 4) is 0 Å². The van der Waals surface area contributed by atoms with Gasteiger partial charge in [0.2, 0.25) is 0 Å². The van der Waals surface area contributed by atoms with Gasteiger partial charge in [0.05, 0.1) is 0 Å². The molecule has 0 amide bonds. The van der Waals surface area contributed by atoms with Crippen molar-refractivity contribution >= 4 is 5.69 Å². The normalized spacial score (nSPS) is 11.9. The van der Waals surface area contributed by atoms with E-state index in [0.717, 1.165) is 6.42 Å². The van der Waals surface area contributed by atoms with E-state index in [1.807, 2.05) is 0 Å². The Labute approximate surface area is 100 Å². The van der Waals surface area contributed by atoms with Crippen molar-refractivity contribution in [2.45, 2.75) is 47.1 Å². The minimum atomic E-state index is 0.367. The maximum absolute atomic E-state index is 2.29. The van der Waals surface area contributed by atoms with Crippen molar-refractivity contribution < 1.29 is 0 Å². The molecule has 0 aliphatic heterocycles. The number of nitrogens with zero attached hydrogens (tertiary/aromatic N) is 1. The second kappa shape index (κ2) is 4.90. The molecular formula is C15H25N. The zero-order chi connectivity index (χ0) is 12.3. The zero-order valence-corrected chi connectivity index (χ0v) is 11.5. The Hall–Kier alpha value is -0.980. The smallest absolute Gasteiger partial charge is 0.0366 e. The van der Waals surface area contributed by atoms with Crippen molar-refractivity contribution in [1.82, 2.24) is 0 Å². The second-order valence-corrected chi connectivity index (χ2v) is 6.11. The molecular weight excluding hydrogens is 194 g/mol. The molecule has 0 spiro atoms. The number of hydrogen-bond donors (Lipinski definition) is 0. The van der Waals surface area contributed by atoms with Crippen LogP contribution in [0, 0.1) is 5.41 Å². The summed E-state index contributed by atoms with van der Waals surface area (Å²) in [5.74, 6) is 0. The summed E-state index contributed by atoms with van der Waals surface area (Å²) >= 11 is 0. The minimum absolute atomic E-state index is 0.367. The average molecular weight is 219 g/mol. The van der Waals surface area contributed by atoms with Crippen LogP contribution in [0.15, 0.2) is 24.3 Å². The SMILES string of the molecule is CC(C)N(C)c1ccc(CC(C)(C)C)cc1. The van der Waals surface area contributed by atoms with Gasteiger partial charge in [-0.2, -0.15) is 0 Å². The molecule has 1 aromatic carbocycles. The van der Waals surface area contributed by atoms with Gasteiger partial charge in [0.15, 0.2) is 0 Å². The van der Waals surface area contributed by atoms with E-state index in [2.05, 4.69) is 70.8 Å². The maximum Gasteiger partial charge on any atom is 0.0366 e. The molecule has 0 aromatic heterocycles. The van der Waals surface area contributed by atoms with Crippen molar-refractivity contribution in [1.29, 1.82) is 0 Å². The highest BCUT2D eigenvalue weighted by molar-refractivity contribution is 5.47. The van der Waals surface area contributed by atoms with Crippen LogP contribution in [-0.2, 0) is 6.42 Å². The summed E-state index contributed by atoms with van der Waals surface area (Å²) in [6.07, 6.45) is 1.14. The third kappa shape index (κ3) is 3.88. The molecule has 0 aliphatic carbocycles. The van der Waals surface area contributed by atoms with E-state index in [1.54, 1.807) is 0 Å². The van der Waals surface area contributed by atoms with Crippen LogP contribution in [0.5, 0.6) is 0 Å². The van der Waals surface area contributed by atoms with E-state index in [4.69, 9.17) is 0 Å². The monoisotopic (exact) mass is 219 g/mol. The highest BCUT2D eigenvalue weighted by Crippen LogP contribution is 2.23. The second-order valence-electron chi connectivity index (χ2n) is 6.11. The highest BCUT2D eigenvalue weighted by Gasteiger charge is 2.11. The van der Waals surface area contributed by atoms with Crippen molar-refractivity contribution in [2.24, 2.45) is 5.41 Å². The van der Waals surface area contributed by atoms with Crippen molar-refractivity contribution in [3.05, 3.63) is 29.8 Å². The number of anilines is 1. The summed E-state index contributed by atoms with van der Waals surface area (Å²) < 4.78 is 0. The van der Waals surface area contributed by atoms with Crippen LogP contribution in [0.3, 0.4) is 0 Å². The van der Waals surface area contributed by atoms with Gasteiger partial charge >= 0.3 is 0 Å². The third-order valence-electron chi connectivity index (χ3n) is 2.85. The fraction of sp³-hybridized carbons (Fsp3) is 0.600. The first-order chi connectivity index (χ1) is 7.29. The van der Waals surface area contributed by atoms with Gasteiger partial charge in [0.25, 0.3) is 0 Å².